The fourth-order valence-corrected chi connectivity index (χ4v) is 0.516. The Morgan fingerprint density at radius 2 is 2.29 bits per heavy atom. The normalized spacial score (nSPS) is 14.0. The molecule has 0 spiro atoms. The fourth-order valence-electron chi connectivity index (χ4n) is 0.516. The fraction of sp³-hybridized carbons (Fsp3) is 1.00. The molecule has 40 valence electrons. The van der Waals surface area contributed by atoms with E-state index in [9.17, 15) is 0 Å². The zero-order valence-corrected chi connectivity index (χ0v) is 5.07. The molecule has 0 aromatic rings. The maximum atomic E-state index is 5.11. The Morgan fingerprint density at radius 1 is 1.71 bits per heavy atom. The zero-order valence-electron chi connectivity index (χ0n) is 5.07. The summed E-state index contributed by atoms with van der Waals surface area (Å²) in [5.74, 6) is 0. The van der Waals surface area contributed by atoms with Gasteiger partial charge in [0.2, 0.25) is 0 Å². The van der Waals surface area contributed by atoms with Gasteiger partial charge in [-0.15, -0.1) is 0 Å². The van der Waals surface area contributed by atoms with Crippen molar-refractivity contribution in [2.75, 3.05) is 0 Å². The van der Waals surface area contributed by atoms with Crippen LogP contribution in [-0.4, -0.2) is 14.0 Å². The van der Waals surface area contributed by atoms with E-state index in [0.717, 1.165) is 6.42 Å². The van der Waals surface area contributed by atoms with Crippen molar-refractivity contribution in [3.63, 3.8) is 0 Å². The molecule has 7 heavy (non-hydrogen) atoms. The van der Waals surface area contributed by atoms with Crippen LogP contribution in [0.2, 0.25) is 0 Å². The van der Waals surface area contributed by atoms with E-state index in [1.54, 1.807) is 0 Å². The maximum absolute atomic E-state index is 5.11. The van der Waals surface area contributed by atoms with E-state index in [2.05, 4.69) is 19.1 Å². The van der Waals surface area contributed by atoms with Gasteiger partial charge < -0.3 is 5.23 Å². The van der Waals surface area contributed by atoms with Crippen LogP contribution >= 0.6 is 0 Å². The minimum atomic E-state index is 0.477. The number of rotatable bonds is 3. The highest BCUT2D eigenvalue weighted by Gasteiger charge is 1.90. The Balaban J connectivity index is 2.83. The molecular weight excluding hydrogens is 84.9 g/mol. The first-order valence-electron chi connectivity index (χ1n) is 2.77. The monoisotopic (exact) mass is 97.1 g/mol. The number of hydrogen-bond acceptors (Lipinski definition) is 1. The smallest absolute Gasteiger partial charge is 0.178 e. The van der Waals surface area contributed by atoms with E-state index < -0.39 is 0 Å². The summed E-state index contributed by atoms with van der Waals surface area (Å²) in [5.41, 5.74) is 0. The van der Waals surface area contributed by atoms with Crippen molar-refractivity contribution in [2.24, 2.45) is 0 Å². The van der Waals surface area contributed by atoms with E-state index >= 15 is 0 Å². The van der Waals surface area contributed by atoms with Crippen molar-refractivity contribution < 1.29 is 0 Å². The third kappa shape index (κ3) is 3.87. The predicted molar refractivity (Wildman–Crippen MR) is 33.3 cm³/mol. The second-order valence-corrected chi connectivity index (χ2v) is 1.86. The van der Waals surface area contributed by atoms with Gasteiger partial charge >= 0.3 is 0 Å². The highest BCUT2D eigenvalue weighted by atomic mass is 14.8. The largest absolute Gasteiger partial charge is 0.364 e. The van der Waals surface area contributed by atoms with Crippen LogP contribution < -0.4 is 5.23 Å². The molecule has 0 saturated carbocycles. The lowest BCUT2D eigenvalue weighted by Crippen LogP contribution is -2.21. The lowest BCUT2D eigenvalue weighted by atomic mass is 10.1. The zero-order chi connectivity index (χ0) is 5.70. The minimum absolute atomic E-state index is 0.477. The number of hydrogen-bond donors (Lipinski definition) is 1. The maximum Gasteiger partial charge on any atom is 0.178 e. The molecule has 0 bridgehead atoms. The summed E-state index contributed by atoms with van der Waals surface area (Å²) in [4.78, 5) is 0. The van der Waals surface area contributed by atoms with Crippen molar-refractivity contribution in [2.45, 2.75) is 32.7 Å². The molecule has 2 radical (unpaired) electrons. The summed E-state index contributed by atoms with van der Waals surface area (Å²) in [7, 11) is 5.11. The first-order chi connectivity index (χ1) is 3.31. The van der Waals surface area contributed by atoms with E-state index in [1.165, 1.54) is 6.42 Å². The molecular formula is C5H12BN. The molecule has 1 N–H and O–H groups in total. The van der Waals surface area contributed by atoms with E-state index in [-0.39, 0.29) is 0 Å². The highest BCUT2D eigenvalue weighted by Crippen LogP contribution is 1.91. The Bertz CT molecular complexity index is 39.1. The third-order valence-corrected chi connectivity index (χ3v) is 1.01. The van der Waals surface area contributed by atoms with Gasteiger partial charge in [-0.2, -0.15) is 0 Å². The number of nitrogens with one attached hydrogen (secondary N) is 1. The molecule has 0 aromatic carbocycles. The van der Waals surface area contributed by atoms with Crippen molar-refractivity contribution in [1.29, 1.82) is 0 Å². The van der Waals surface area contributed by atoms with Crippen LogP contribution in [0.4, 0.5) is 0 Å². The first-order valence-corrected chi connectivity index (χ1v) is 2.77. The third-order valence-electron chi connectivity index (χ3n) is 1.01. The second kappa shape index (κ2) is 4.19. The first kappa shape index (κ1) is 7.02. The lowest BCUT2D eigenvalue weighted by Gasteiger charge is -2.05. The molecule has 0 fully saturated rings. The van der Waals surface area contributed by atoms with Crippen LogP contribution in [0.25, 0.3) is 0 Å². The molecule has 1 atom stereocenters. The summed E-state index contributed by atoms with van der Waals surface area (Å²) >= 11 is 0. The van der Waals surface area contributed by atoms with Crippen molar-refractivity contribution >= 4 is 7.98 Å². The van der Waals surface area contributed by atoms with Crippen LogP contribution in [0.3, 0.4) is 0 Å². The molecule has 0 saturated heterocycles. The quantitative estimate of drug-likeness (QED) is 0.514. The van der Waals surface area contributed by atoms with Gasteiger partial charge in [0.05, 0.1) is 0 Å². The van der Waals surface area contributed by atoms with Gasteiger partial charge in [-0.25, -0.2) is 0 Å². The molecule has 0 amide bonds. The van der Waals surface area contributed by atoms with Crippen molar-refractivity contribution in [1.82, 2.24) is 5.23 Å². The predicted octanol–water partition coefficient (Wildman–Crippen LogP) is 0.848. The topological polar surface area (TPSA) is 12.0 Å². The van der Waals surface area contributed by atoms with E-state index in [1.807, 2.05) is 0 Å². The standard InChI is InChI=1S/C5H12BN/c1-3-4-5(2)7-6/h5,7H,3-4H2,1-2H3. The molecule has 0 aliphatic carbocycles. The summed E-state index contributed by atoms with van der Waals surface area (Å²) in [5, 5.41) is 2.67. The van der Waals surface area contributed by atoms with Gasteiger partial charge in [-0.3, -0.25) is 0 Å². The average Bonchev–Trinajstić information content (AvgIpc) is 1.68. The molecule has 0 heterocycles. The van der Waals surface area contributed by atoms with Crippen molar-refractivity contribution in [3.05, 3.63) is 0 Å². The van der Waals surface area contributed by atoms with Crippen LogP contribution in [0.1, 0.15) is 26.7 Å². The van der Waals surface area contributed by atoms with Crippen LogP contribution in [0.5, 0.6) is 0 Å². The summed E-state index contributed by atoms with van der Waals surface area (Å²) in [6.07, 6.45) is 2.36. The van der Waals surface area contributed by atoms with Crippen LogP contribution in [-0.2, 0) is 0 Å². The Morgan fingerprint density at radius 3 is 2.43 bits per heavy atom. The van der Waals surface area contributed by atoms with Crippen LogP contribution in [0.15, 0.2) is 0 Å². The Hall–Kier alpha value is 0.0249. The van der Waals surface area contributed by atoms with Gasteiger partial charge in [0.1, 0.15) is 0 Å². The molecule has 1 nitrogen and oxygen atoms in total. The SMILES string of the molecule is [B]NC(C)CCC. The summed E-state index contributed by atoms with van der Waals surface area (Å²) in [6, 6.07) is 0.477. The van der Waals surface area contributed by atoms with Gasteiger partial charge in [-0.1, -0.05) is 20.3 Å². The van der Waals surface area contributed by atoms with Gasteiger partial charge in [0.15, 0.2) is 7.98 Å². The molecule has 0 aliphatic rings. The molecule has 0 aromatic heterocycles. The Labute approximate surface area is 46.9 Å². The van der Waals surface area contributed by atoms with Crippen molar-refractivity contribution in [3.8, 4) is 0 Å². The van der Waals surface area contributed by atoms with E-state index in [0.29, 0.717) is 6.04 Å². The van der Waals surface area contributed by atoms with Gasteiger partial charge in [0.25, 0.3) is 0 Å². The minimum Gasteiger partial charge on any atom is -0.364 e. The molecule has 1 unspecified atom stereocenters. The molecule has 2 heteroatoms. The summed E-state index contributed by atoms with van der Waals surface area (Å²) < 4.78 is 0. The van der Waals surface area contributed by atoms with Gasteiger partial charge in [0, 0.05) is 0 Å². The Kier molecular flexibility index (Phi) is 4.21. The van der Waals surface area contributed by atoms with Crippen LogP contribution in [0, 0.1) is 0 Å². The highest BCUT2D eigenvalue weighted by molar-refractivity contribution is 6.04. The van der Waals surface area contributed by atoms with E-state index in [4.69, 9.17) is 7.98 Å². The van der Waals surface area contributed by atoms with Gasteiger partial charge in [-0.05, 0) is 12.5 Å². The summed E-state index contributed by atoms with van der Waals surface area (Å²) in [6.45, 7) is 4.22. The lowest BCUT2D eigenvalue weighted by molar-refractivity contribution is 0.611. The molecule has 0 aliphatic heterocycles. The average molecular weight is 97.0 g/mol. The second-order valence-electron chi connectivity index (χ2n) is 1.86. The molecule has 0 rings (SSSR count).